The summed E-state index contributed by atoms with van der Waals surface area (Å²) >= 11 is 0. The summed E-state index contributed by atoms with van der Waals surface area (Å²) in [6.07, 6.45) is -3.66. The first-order valence-electron chi connectivity index (χ1n) is 8.62. The molecule has 152 valence electrons. The molecule has 1 aliphatic heterocycles. The standard InChI is InChI=1S/C19H16F3N3O4/c1-2-14(26)11-3-5-15-13(7-11)25(18(28)10-29-15)9-17(27)24-16-6-4-12(8-23-16)19(20,21)22/h3-8H,2,9-10H2,1H3,(H,23,24,27). The first-order chi connectivity index (χ1) is 13.7. The number of hydrogen-bond donors (Lipinski definition) is 1. The van der Waals surface area contributed by atoms with Crippen LogP contribution >= 0.6 is 0 Å². The molecule has 2 heterocycles. The lowest BCUT2D eigenvalue weighted by Crippen LogP contribution is -2.43. The summed E-state index contributed by atoms with van der Waals surface area (Å²) in [4.78, 5) is 41.2. The van der Waals surface area contributed by atoms with Crippen molar-refractivity contribution in [1.82, 2.24) is 4.98 Å². The Morgan fingerprint density at radius 2 is 2.00 bits per heavy atom. The molecule has 3 rings (SSSR count). The van der Waals surface area contributed by atoms with Crippen molar-refractivity contribution in [3.05, 3.63) is 47.7 Å². The van der Waals surface area contributed by atoms with Gasteiger partial charge in [-0.25, -0.2) is 4.98 Å². The molecule has 0 bridgehead atoms. The molecule has 0 radical (unpaired) electrons. The lowest BCUT2D eigenvalue weighted by atomic mass is 10.1. The van der Waals surface area contributed by atoms with E-state index in [9.17, 15) is 27.6 Å². The summed E-state index contributed by atoms with van der Waals surface area (Å²) in [6.45, 7) is 1.01. The van der Waals surface area contributed by atoms with Crippen molar-refractivity contribution < 1.29 is 32.3 Å². The van der Waals surface area contributed by atoms with Gasteiger partial charge in [0.05, 0.1) is 11.3 Å². The van der Waals surface area contributed by atoms with E-state index in [1.54, 1.807) is 19.1 Å². The number of fused-ring (bicyclic) bond motifs is 1. The van der Waals surface area contributed by atoms with Crippen LogP contribution in [0.15, 0.2) is 36.5 Å². The number of Topliss-reactive ketones (excluding diaryl/α,β-unsaturated/α-hetero) is 1. The maximum Gasteiger partial charge on any atom is 0.417 e. The molecule has 0 fully saturated rings. The maximum atomic E-state index is 12.6. The number of rotatable bonds is 5. The molecule has 1 aromatic heterocycles. The van der Waals surface area contributed by atoms with E-state index in [2.05, 4.69) is 10.3 Å². The Balaban J connectivity index is 1.76. The fourth-order valence-corrected chi connectivity index (χ4v) is 2.71. The van der Waals surface area contributed by atoms with E-state index in [1.807, 2.05) is 0 Å². The van der Waals surface area contributed by atoms with Gasteiger partial charge in [0, 0.05) is 18.2 Å². The average Bonchev–Trinajstić information content (AvgIpc) is 2.69. The molecule has 0 atom stereocenters. The van der Waals surface area contributed by atoms with Gasteiger partial charge in [-0.3, -0.25) is 19.3 Å². The molecule has 1 N–H and O–H groups in total. The Hall–Kier alpha value is -3.43. The fraction of sp³-hybridized carbons (Fsp3) is 0.263. The zero-order chi connectivity index (χ0) is 21.2. The predicted octanol–water partition coefficient (Wildman–Crippen LogP) is 3.06. The molecular formula is C19H16F3N3O4. The largest absolute Gasteiger partial charge is 0.482 e. The average molecular weight is 407 g/mol. The smallest absolute Gasteiger partial charge is 0.417 e. The molecular weight excluding hydrogens is 391 g/mol. The van der Waals surface area contributed by atoms with E-state index in [0.717, 1.165) is 17.0 Å². The number of aromatic nitrogens is 1. The van der Waals surface area contributed by atoms with E-state index >= 15 is 0 Å². The highest BCUT2D eigenvalue weighted by Gasteiger charge is 2.31. The van der Waals surface area contributed by atoms with Crippen LogP contribution in [0.25, 0.3) is 0 Å². The van der Waals surface area contributed by atoms with Crippen molar-refractivity contribution in [3.63, 3.8) is 0 Å². The van der Waals surface area contributed by atoms with Crippen LogP contribution in [-0.4, -0.2) is 35.7 Å². The molecule has 1 aliphatic rings. The Morgan fingerprint density at radius 1 is 1.24 bits per heavy atom. The fourth-order valence-electron chi connectivity index (χ4n) is 2.71. The lowest BCUT2D eigenvalue weighted by Gasteiger charge is -2.29. The summed E-state index contributed by atoms with van der Waals surface area (Å²) in [7, 11) is 0. The Bertz CT molecular complexity index is 958. The van der Waals surface area contributed by atoms with E-state index in [0.29, 0.717) is 17.5 Å². The summed E-state index contributed by atoms with van der Waals surface area (Å²) in [5.74, 6) is -1.03. The number of ether oxygens (including phenoxy) is 1. The van der Waals surface area contributed by atoms with Crippen molar-refractivity contribution in [1.29, 1.82) is 0 Å². The minimum Gasteiger partial charge on any atom is -0.482 e. The second-order valence-corrected chi connectivity index (χ2v) is 6.21. The van der Waals surface area contributed by atoms with Gasteiger partial charge < -0.3 is 10.1 Å². The number of nitrogens with one attached hydrogen (secondary N) is 1. The minimum atomic E-state index is -4.53. The van der Waals surface area contributed by atoms with Gasteiger partial charge in [-0.1, -0.05) is 6.92 Å². The molecule has 0 saturated heterocycles. The molecule has 2 amide bonds. The molecule has 29 heavy (non-hydrogen) atoms. The normalized spacial score (nSPS) is 13.5. The van der Waals surface area contributed by atoms with Crippen LogP contribution in [0.5, 0.6) is 5.75 Å². The van der Waals surface area contributed by atoms with Gasteiger partial charge in [-0.15, -0.1) is 0 Å². The topological polar surface area (TPSA) is 88.6 Å². The number of carbonyl (C=O) groups excluding carboxylic acids is 3. The zero-order valence-electron chi connectivity index (χ0n) is 15.2. The third-order valence-electron chi connectivity index (χ3n) is 4.21. The zero-order valence-corrected chi connectivity index (χ0v) is 15.2. The van der Waals surface area contributed by atoms with Crippen molar-refractivity contribution >= 4 is 29.1 Å². The quantitative estimate of drug-likeness (QED) is 0.770. The molecule has 0 aliphatic carbocycles. The van der Waals surface area contributed by atoms with E-state index in [1.165, 1.54) is 6.07 Å². The van der Waals surface area contributed by atoms with Crippen molar-refractivity contribution in [3.8, 4) is 5.75 Å². The van der Waals surface area contributed by atoms with Crippen molar-refractivity contribution in [2.75, 3.05) is 23.4 Å². The highest BCUT2D eigenvalue weighted by molar-refractivity contribution is 6.06. The second-order valence-electron chi connectivity index (χ2n) is 6.21. The van der Waals surface area contributed by atoms with E-state index < -0.39 is 30.1 Å². The number of hydrogen-bond acceptors (Lipinski definition) is 5. The third kappa shape index (κ3) is 4.53. The first-order valence-corrected chi connectivity index (χ1v) is 8.62. The summed E-state index contributed by atoms with van der Waals surface area (Å²) in [6, 6.07) is 6.41. The number of anilines is 2. The van der Waals surface area contributed by atoms with E-state index in [-0.39, 0.29) is 30.3 Å². The molecule has 0 spiro atoms. The molecule has 1 aromatic carbocycles. The number of ketones is 1. The van der Waals surface area contributed by atoms with Gasteiger partial charge in [0.25, 0.3) is 5.91 Å². The van der Waals surface area contributed by atoms with Gasteiger partial charge in [-0.05, 0) is 30.3 Å². The maximum absolute atomic E-state index is 12.6. The van der Waals surface area contributed by atoms with Crippen LogP contribution in [0, 0.1) is 0 Å². The summed E-state index contributed by atoms with van der Waals surface area (Å²) < 4.78 is 43.1. The minimum absolute atomic E-state index is 0.0844. The Kier molecular flexibility index (Phi) is 5.53. The number of amides is 2. The van der Waals surface area contributed by atoms with Crippen molar-refractivity contribution in [2.24, 2.45) is 0 Å². The number of pyridine rings is 1. The van der Waals surface area contributed by atoms with Gasteiger partial charge >= 0.3 is 6.18 Å². The van der Waals surface area contributed by atoms with Crippen LogP contribution in [0.1, 0.15) is 29.3 Å². The van der Waals surface area contributed by atoms with Gasteiger partial charge in [-0.2, -0.15) is 13.2 Å². The number of carbonyl (C=O) groups is 3. The molecule has 7 nitrogen and oxygen atoms in total. The van der Waals surface area contributed by atoms with Crippen LogP contribution in [0.4, 0.5) is 24.7 Å². The highest BCUT2D eigenvalue weighted by atomic mass is 19.4. The van der Waals surface area contributed by atoms with Crippen LogP contribution in [0.3, 0.4) is 0 Å². The first kappa shape index (κ1) is 20.3. The van der Waals surface area contributed by atoms with Gasteiger partial charge in [0.15, 0.2) is 12.4 Å². The van der Waals surface area contributed by atoms with Crippen LogP contribution < -0.4 is 15.0 Å². The molecule has 0 unspecified atom stereocenters. The molecule has 10 heteroatoms. The molecule has 0 saturated carbocycles. The summed E-state index contributed by atoms with van der Waals surface area (Å²) in [5.41, 5.74) is -0.295. The number of nitrogens with zero attached hydrogens (tertiary/aromatic N) is 2. The van der Waals surface area contributed by atoms with Crippen LogP contribution in [-0.2, 0) is 15.8 Å². The Labute approximate surface area is 163 Å². The lowest BCUT2D eigenvalue weighted by molar-refractivity contribution is -0.137. The monoisotopic (exact) mass is 407 g/mol. The highest BCUT2D eigenvalue weighted by Crippen LogP contribution is 2.33. The number of benzene rings is 1. The van der Waals surface area contributed by atoms with Crippen molar-refractivity contribution in [2.45, 2.75) is 19.5 Å². The third-order valence-corrected chi connectivity index (χ3v) is 4.21. The van der Waals surface area contributed by atoms with Gasteiger partial charge in [0.2, 0.25) is 5.91 Å². The Morgan fingerprint density at radius 3 is 2.62 bits per heavy atom. The SMILES string of the molecule is CCC(=O)c1ccc2c(c1)N(CC(=O)Nc1ccc(C(F)(F)F)cn1)C(=O)CO2. The molecule has 2 aromatic rings. The van der Waals surface area contributed by atoms with E-state index in [4.69, 9.17) is 4.74 Å². The number of alkyl halides is 3. The summed E-state index contributed by atoms with van der Waals surface area (Å²) in [5, 5.41) is 2.35. The predicted molar refractivity (Wildman–Crippen MR) is 96.8 cm³/mol. The van der Waals surface area contributed by atoms with Crippen LogP contribution in [0.2, 0.25) is 0 Å². The second kappa shape index (κ2) is 7.90. The number of halogens is 3. The van der Waals surface area contributed by atoms with Gasteiger partial charge in [0.1, 0.15) is 18.1 Å².